The van der Waals surface area contributed by atoms with Gasteiger partial charge in [0.1, 0.15) is 12.4 Å². The van der Waals surface area contributed by atoms with Crippen LogP contribution in [0.3, 0.4) is 0 Å². The van der Waals surface area contributed by atoms with Gasteiger partial charge in [0.2, 0.25) is 5.91 Å². The van der Waals surface area contributed by atoms with Gasteiger partial charge in [0.25, 0.3) is 10.0 Å². The predicted octanol–water partition coefficient (Wildman–Crippen LogP) is 4.21. The third-order valence-electron chi connectivity index (χ3n) is 4.69. The molecule has 0 fully saturated rings. The van der Waals surface area contributed by atoms with Gasteiger partial charge in [0, 0.05) is 0 Å². The van der Waals surface area contributed by atoms with E-state index in [0.717, 1.165) is 27.6 Å². The molecule has 0 spiro atoms. The van der Waals surface area contributed by atoms with Gasteiger partial charge in [-0.1, -0.05) is 48.0 Å². The molecule has 0 radical (unpaired) electrons. The molecule has 7 heteroatoms. The summed E-state index contributed by atoms with van der Waals surface area (Å²) in [4.78, 5) is 12.6. The summed E-state index contributed by atoms with van der Waals surface area (Å²) < 4.78 is 40.7. The lowest BCUT2D eigenvalue weighted by molar-refractivity contribution is -0.120. The summed E-state index contributed by atoms with van der Waals surface area (Å²) in [5, 5.41) is 2.84. The molecule has 5 nitrogen and oxygen atoms in total. The van der Waals surface area contributed by atoms with Crippen LogP contribution in [0.2, 0.25) is 0 Å². The summed E-state index contributed by atoms with van der Waals surface area (Å²) in [7, 11) is -4.07. The predicted molar refractivity (Wildman–Crippen MR) is 115 cm³/mol. The Morgan fingerprint density at radius 1 is 0.967 bits per heavy atom. The second-order valence-electron chi connectivity index (χ2n) is 7.00. The lowest BCUT2D eigenvalue weighted by Gasteiger charge is -2.25. The number of anilines is 1. The molecular formula is C23H23FN2O3S. The van der Waals surface area contributed by atoms with E-state index in [1.807, 2.05) is 38.1 Å². The van der Waals surface area contributed by atoms with E-state index in [9.17, 15) is 17.6 Å². The molecule has 30 heavy (non-hydrogen) atoms. The van der Waals surface area contributed by atoms with Crippen LogP contribution in [0.4, 0.5) is 10.1 Å². The maximum atomic E-state index is 13.3. The Hall–Kier alpha value is -3.19. The Labute approximate surface area is 176 Å². The first-order valence-corrected chi connectivity index (χ1v) is 10.9. The number of rotatable bonds is 7. The van der Waals surface area contributed by atoms with Gasteiger partial charge >= 0.3 is 0 Å². The zero-order valence-corrected chi connectivity index (χ0v) is 17.6. The van der Waals surface area contributed by atoms with Gasteiger partial charge in [-0.05, 0) is 55.8 Å². The number of hydrogen-bond donors (Lipinski definition) is 1. The summed E-state index contributed by atoms with van der Waals surface area (Å²) >= 11 is 0. The molecular weight excluding hydrogens is 403 g/mol. The summed E-state index contributed by atoms with van der Waals surface area (Å²) in [6, 6.07) is 20.3. The minimum absolute atomic E-state index is 0.0906. The van der Waals surface area contributed by atoms with Crippen LogP contribution in [-0.4, -0.2) is 20.9 Å². The Morgan fingerprint density at radius 3 is 2.17 bits per heavy atom. The number of carbonyl (C=O) groups is 1. The SMILES string of the molecule is Cc1ccc([C@@H](C)NC(=O)CN(c2ccccc2)S(=O)(=O)c2ccc(F)cc2)cc1. The molecule has 3 rings (SSSR count). The van der Waals surface area contributed by atoms with Gasteiger partial charge in [-0.2, -0.15) is 0 Å². The Bertz CT molecular complexity index is 1100. The fourth-order valence-corrected chi connectivity index (χ4v) is 4.42. The van der Waals surface area contributed by atoms with Crippen LogP contribution in [0, 0.1) is 12.7 Å². The number of benzene rings is 3. The number of halogens is 1. The number of hydrogen-bond acceptors (Lipinski definition) is 3. The van der Waals surface area contributed by atoms with E-state index in [1.54, 1.807) is 30.3 Å². The summed E-state index contributed by atoms with van der Waals surface area (Å²) in [6.07, 6.45) is 0. The Morgan fingerprint density at radius 2 is 1.57 bits per heavy atom. The first-order chi connectivity index (χ1) is 14.3. The number of carbonyl (C=O) groups excluding carboxylic acids is 1. The van der Waals surface area contributed by atoms with E-state index < -0.39 is 28.3 Å². The van der Waals surface area contributed by atoms with Crippen molar-refractivity contribution >= 4 is 21.6 Å². The van der Waals surface area contributed by atoms with Crippen molar-refractivity contribution in [1.82, 2.24) is 5.32 Å². The fourth-order valence-electron chi connectivity index (χ4n) is 3.00. The minimum atomic E-state index is -4.07. The topological polar surface area (TPSA) is 66.5 Å². The number of sulfonamides is 1. The summed E-state index contributed by atoms with van der Waals surface area (Å²) in [6.45, 7) is 3.41. The normalized spacial score (nSPS) is 12.2. The first-order valence-electron chi connectivity index (χ1n) is 9.46. The number of nitrogens with zero attached hydrogens (tertiary/aromatic N) is 1. The fraction of sp³-hybridized carbons (Fsp3) is 0.174. The van der Waals surface area contributed by atoms with E-state index in [4.69, 9.17) is 0 Å². The van der Waals surface area contributed by atoms with Crippen molar-refractivity contribution in [2.24, 2.45) is 0 Å². The van der Waals surface area contributed by atoms with E-state index in [1.165, 1.54) is 12.1 Å². The van der Waals surface area contributed by atoms with E-state index >= 15 is 0 Å². The van der Waals surface area contributed by atoms with Crippen molar-refractivity contribution in [2.45, 2.75) is 24.8 Å². The van der Waals surface area contributed by atoms with Crippen molar-refractivity contribution in [3.8, 4) is 0 Å². The molecule has 1 atom stereocenters. The van der Waals surface area contributed by atoms with Crippen molar-refractivity contribution in [3.63, 3.8) is 0 Å². The zero-order valence-electron chi connectivity index (χ0n) is 16.7. The van der Waals surface area contributed by atoms with Gasteiger partial charge in [-0.25, -0.2) is 12.8 Å². The maximum absolute atomic E-state index is 13.3. The van der Waals surface area contributed by atoms with E-state index in [2.05, 4.69) is 5.32 Å². The number of amides is 1. The lowest BCUT2D eigenvalue weighted by Crippen LogP contribution is -2.41. The molecule has 0 saturated carbocycles. The molecule has 156 valence electrons. The molecule has 1 amide bonds. The van der Waals surface area contributed by atoms with Crippen molar-refractivity contribution in [2.75, 3.05) is 10.8 Å². The third-order valence-corrected chi connectivity index (χ3v) is 6.48. The van der Waals surface area contributed by atoms with Crippen LogP contribution in [-0.2, 0) is 14.8 Å². The van der Waals surface area contributed by atoms with Crippen LogP contribution in [0.25, 0.3) is 0 Å². The molecule has 0 saturated heterocycles. The third kappa shape index (κ3) is 5.04. The number of para-hydroxylation sites is 1. The highest BCUT2D eigenvalue weighted by atomic mass is 32.2. The highest BCUT2D eigenvalue weighted by Gasteiger charge is 2.27. The quantitative estimate of drug-likeness (QED) is 0.616. The van der Waals surface area contributed by atoms with Gasteiger partial charge in [-0.3, -0.25) is 9.10 Å². The highest BCUT2D eigenvalue weighted by molar-refractivity contribution is 7.92. The van der Waals surface area contributed by atoms with Crippen molar-refractivity contribution in [3.05, 3.63) is 95.8 Å². The van der Waals surface area contributed by atoms with Crippen LogP contribution in [0.1, 0.15) is 24.1 Å². The largest absolute Gasteiger partial charge is 0.348 e. The summed E-state index contributed by atoms with van der Waals surface area (Å²) in [5.74, 6) is -0.984. The molecule has 1 N–H and O–H groups in total. The van der Waals surface area contributed by atoms with Crippen molar-refractivity contribution in [1.29, 1.82) is 0 Å². The average molecular weight is 427 g/mol. The second kappa shape index (κ2) is 9.09. The van der Waals surface area contributed by atoms with Crippen LogP contribution in [0.5, 0.6) is 0 Å². The molecule has 0 heterocycles. The van der Waals surface area contributed by atoms with Crippen LogP contribution >= 0.6 is 0 Å². The Balaban J connectivity index is 1.85. The summed E-state index contributed by atoms with van der Waals surface area (Å²) in [5.41, 5.74) is 2.37. The molecule has 0 bridgehead atoms. The van der Waals surface area contributed by atoms with Crippen LogP contribution < -0.4 is 9.62 Å². The molecule has 0 aliphatic heterocycles. The maximum Gasteiger partial charge on any atom is 0.264 e. The molecule has 3 aromatic rings. The average Bonchev–Trinajstić information content (AvgIpc) is 2.73. The van der Waals surface area contributed by atoms with E-state index in [0.29, 0.717) is 5.69 Å². The lowest BCUT2D eigenvalue weighted by atomic mass is 10.1. The van der Waals surface area contributed by atoms with Gasteiger partial charge in [0.15, 0.2) is 0 Å². The minimum Gasteiger partial charge on any atom is -0.348 e. The number of aryl methyl sites for hydroxylation is 1. The van der Waals surface area contributed by atoms with Gasteiger partial charge in [-0.15, -0.1) is 0 Å². The molecule has 0 aliphatic carbocycles. The van der Waals surface area contributed by atoms with E-state index in [-0.39, 0.29) is 10.9 Å². The smallest absolute Gasteiger partial charge is 0.264 e. The molecule has 0 aliphatic rings. The second-order valence-corrected chi connectivity index (χ2v) is 8.86. The van der Waals surface area contributed by atoms with Gasteiger partial charge in [0.05, 0.1) is 16.6 Å². The highest BCUT2D eigenvalue weighted by Crippen LogP contribution is 2.24. The van der Waals surface area contributed by atoms with Crippen molar-refractivity contribution < 1.29 is 17.6 Å². The van der Waals surface area contributed by atoms with Gasteiger partial charge < -0.3 is 5.32 Å². The monoisotopic (exact) mass is 426 g/mol. The standard InChI is InChI=1S/C23H23FN2O3S/c1-17-8-10-19(11-9-17)18(2)25-23(27)16-26(21-6-4-3-5-7-21)30(28,29)22-14-12-20(24)13-15-22/h3-15,18H,16H2,1-2H3,(H,25,27)/t18-/m1/s1. The first kappa shape index (κ1) is 21.5. The van der Waals surface area contributed by atoms with Crippen LogP contribution in [0.15, 0.2) is 83.8 Å². The Kier molecular flexibility index (Phi) is 6.52. The number of nitrogens with one attached hydrogen (secondary N) is 1. The zero-order chi connectivity index (χ0) is 21.7. The molecule has 0 unspecified atom stereocenters. The molecule has 3 aromatic carbocycles. The molecule has 0 aromatic heterocycles.